The SMILES string of the molecule is Brc1ccc(C2C3C=CC=CC3=C3CNCCC32)cc1. The van der Waals surface area contributed by atoms with E-state index in [1.165, 1.54) is 12.0 Å². The highest BCUT2D eigenvalue weighted by atomic mass is 79.9. The molecular weight excluding hydrogens is 310 g/mol. The van der Waals surface area contributed by atoms with Crippen molar-refractivity contribution in [3.8, 4) is 0 Å². The third-order valence-electron chi connectivity index (χ3n) is 4.91. The van der Waals surface area contributed by atoms with E-state index in [1.807, 2.05) is 0 Å². The average molecular weight is 328 g/mol. The van der Waals surface area contributed by atoms with Crippen LogP contribution < -0.4 is 5.32 Å². The van der Waals surface area contributed by atoms with Crippen LogP contribution in [0.5, 0.6) is 0 Å². The third kappa shape index (κ3) is 1.94. The van der Waals surface area contributed by atoms with Crippen LogP contribution in [0.15, 0.2) is 64.2 Å². The summed E-state index contributed by atoms with van der Waals surface area (Å²) in [6.07, 6.45) is 10.4. The first kappa shape index (κ1) is 12.6. The van der Waals surface area contributed by atoms with E-state index in [9.17, 15) is 0 Å². The number of rotatable bonds is 1. The molecule has 1 N–H and O–H groups in total. The second kappa shape index (κ2) is 5.01. The van der Waals surface area contributed by atoms with Gasteiger partial charge in [0.2, 0.25) is 0 Å². The summed E-state index contributed by atoms with van der Waals surface area (Å²) in [5.41, 5.74) is 4.70. The van der Waals surface area contributed by atoms with Crippen molar-refractivity contribution in [1.29, 1.82) is 0 Å². The molecule has 0 saturated carbocycles. The van der Waals surface area contributed by atoms with Crippen molar-refractivity contribution in [2.45, 2.75) is 12.3 Å². The molecule has 2 aliphatic carbocycles. The predicted octanol–water partition coefficient (Wildman–Crippen LogP) is 4.19. The summed E-state index contributed by atoms with van der Waals surface area (Å²) in [5, 5.41) is 3.55. The first-order valence-electron chi connectivity index (χ1n) is 7.38. The molecule has 1 aliphatic heterocycles. The largest absolute Gasteiger partial charge is 0.313 e. The fraction of sp³-hybridized carbons (Fsp3) is 0.333. The van der Waals surface area contributed by atoms with Crippen LogP contribution in [-0.4, -0.2) is 13.1 Å². The Morgan fingerprint density at radius 2 is 1.95 bits per heavy atom. The van der Waals surface area contributed by atoms with E-state index in [-0.39, 0.29) is 0 Å². The van der Waals surface area contributed by atoms with Crippen LogP contribution in [0.25, 0.3) is 0 Å². The lowest BCUT2D eigenvalue weighted by Crippen LogP contribution is -2.31. The average Bonchev–Trinajstić information content (AvgIpc) is 2.83. The van der Waals surface area contributed by atoms with Crippen molar-refractivity contribution in [1.82, 2.24) is 5.32 Å². The van der Waals surface area contributed by atoms with Crippen LogP contribution in [0, 0.1) is 11.8 Å². The molecule has 1 saturated heterocycles. The van der Waals surface area contributed by atoms with Gasteiger partial charge in [-0.05, 0) is 47.7 Å². The molecule has 1 fully saturated rings. The molecule has 4 rings (SSSR count). The molecule has 102 valence electrons. The lowest BCUT2D eigenvalue weighted by Gasteiger charge is -2.29. The van der Waals surface area contributed by atoms with Gasteiger partial charge in [-0.3, -0.25) is 0 Å². The van der Waals surface area contributed by atoms with Crippen LogP contribution in [0.4, 0.5) is 0 Å². The molecule has 3 aliphatic rings. The van der Waals surface area contributed by atoms with E-state index in [1.54, 1.807) is 11.1 Å². The third-order valence-corrected chi connectivity index (χ3v) is 5.43. The van der Waals surface area contributed by atoms with Crippen LogP contribution in [0.3, 0.4) is 0 Å². The standard InChI is InChI=1S/C18H18BrN/c19-13-7-5-12(6-8-13)18-15-4-2-1-3-14(15)17-11-20-10-9-16(17)18/h1-8,15-16,18,20H,9-11H2. The zero-order valence-corrected chi connectivity index (χ0v) is 12.9. The van der Waals surface area contributed by atoms with Gasteiger partial charge in [0.05, 0.1) is 0 Å². The van der Waals surface area contributed by atoms with E-state index >= 15 is 0 Å². The molecule has 1 aromatic carbocycles. The predicted molar refractivity (Wildman–Crippen MR) is 86.7 cm³/mol. The van der Waals surface area contributed by atoms with Gasteiger partial charge in [0.1, 0.15) is 0 Å². The monoisotopic (exact) mass is 327 g/mol. The lowest BCUT2D eigenvalue weighted by molar-refractivity contribution is 0.400. The summed E-state index contributed by atoms with van der Waals surface area (Å²) in [5.74, 6) is 1.90. The van der Waals surface area contributed by atoms with Crippen molar-refractivity contribution in [2.24, 2.45) is 11.8 Å². The van der Waals surface area contributed by atoms with E-state index in [0.29, 0.717) is 17.8 Å². The highest BCUT2D eigenvalue weighted by Gasteiger charge is 2.42. The van der Waals surface area contributed by atoms with Crippen LogP contribution in [0.2, 0.25) is 0 Å². The van der Waals surface area contributed by atoms with Crippen LogP contribution in [0.1, 0.15) is 17.9 Å². The second-order valence-electron chi connectivity index (χ2n) is 5.90. The zero-order valence-electron chi connectivity index (χ0n) is 11.4. The Morgan fingerprint density at radius 3 is 2.80 bits per heavy atom. The molecule has 1 aromatic rings. The number of halogens is 1. The molecule has 2 heteroatoms. The molecular formula is C18H18BrN. The fourth-order valence-electron chi connectivity index (χ4n) is 4.07. The number of nitrogens with one attached hydrogen (secondary N) is 1. The maximum atomic E-state index is 3.55. The van der Waals surface area contributed by atoms with Crippen molar-refractivity contribution in [3.63, 3.8) is 0 Å². The van der Waals surface area contributed by atoms with Gasteiger partial charge < -0.3 is 5.32 Å². The molecule has 0 amide bonds. The fourth-order valence-corrected chi connectivity index (χ4v) is 4.33. The number of hydrogen-bond donors (Lipinski definition) is 1. The summed E-state index contributed by atoms with van der Waals surface area (Å²) in [7, 11) is 0. The van der Waals surface area contributed by atoms with Gasteiger partial charge in [0.15, 0.2) is 0 Å². The maximum Gasteiger partial charge on any atom is 0.0175 e. The van der Waals surface area contributed by atoms with Gasteiger partial charge in [-0.25, -0.2) is 0 Å². The Bertz CT molecular complexity index is 609. The molecule has 0 aromatic heterocycles. The van der Waals surface area contributed by atoms with E-state index in [0.717, 1.165) is 17.6 Å². The maximum absolute atomic E-state index is 3.55. The zero-order chi connectivity index (χ0) is 13.5. The first-order valence-corrected chi connectivity index (χ1v) is 8.18. The molecule has 3 atom stereocenters. The summed E-state index contributed by atoms with van der Waals surface area (Å²) >= 11 is 3.55. The second-order valence-corrected chi connectivity index (χ2v) is 6.82. The minimum absolute atomic E-state index is 0.570. The van der Waals surface area contributed by atoms with Gasteiger partial charge in [-0.2, -0.15) is 0 Å². The van der Waals surface area contributed by atoms with Crippen LogP contribution >= 0.6 is 15.9 Å². The quantitative estimate of drug-likeness (QED) is 0.815. The Kier molecular flexibility index (Phi) is 3.16. The summed E-state index contributed by atoms with van der Waals surface area (Å²) in [4.78, 5) is 0. The Balaban J connectivity index is 1.78. The van der Waals surface area contributed by atoms with Gasteiger partial charge in [-0.15, -0.1) is 0 Å². The number of piperidine rings is 1. The lowest BCUT2D eigenvalue weighted by atomic mass is 9.77. The Labute approximate surface area is 128 Å². The molecule has 20 heavy (non-hydrogen) atoms. The summed E-state index contributed by atoms with van der Waals surface area (Å²) in [6, 6.07) is 8.94. The van der Waals surface area contributed by atoms with Gasteiger partial charge in [0.25, 0.3) is 0 Å². The van der Waals surface area contributed by atoms with Crippen molar-refractivity contribution >= 4 is 15.9 Å². The Hall–Kier alpha value is -1.12. The topological polar surface area (TPSA) is 12.0 Å². The smallest absolute Gasteiger partial charge is 0.0175 e. The normalized spacial score (nSPS) is 31.4. The van der Waals surface area contributed by atoms with Crippen LogP contribution in [-0.2, 0) is 0 Å². The molecule has 0 bridgehead atoms. The van der Waals surface area contributed by atoms with E-state index in [2.05, 4.69) is 69.8 Å². The number of fused-ring (bicyclic) bond motifs is 2. The molecule has 3 unspecified atom stereocenters. The highest BCUT2D eigenvalue weighted by Crippen LogP contribution is 2.51. The number of hydrogen-bond acceptors (Lipinski definition) is 1. The molecule has 1 nitrogen and oxygen atoms in total. The van der Waals surface area contributed by atoms with Crippen molar-refractivity contribution in [2.75, 3.05) is 13.1 Å². The highest BCUT2D eigenvalue weighted by molar-refractivity contribution is 9.10. The number of allylic oxidation sites excluding steroid dienone is 5. The molecule has 0 spiro atoms. The minimum Gasteiger partial charge on any atom is -0.313 e. The van der Waals surface area contributed by atoms with E-state index < -0.39 is 0 Å². The first-order chi connectivity index (χ1) is 9.84. The van der Waals surface area contributed by atoms with Crippen molar-refractivity contribution in [3.05, 3.63) is 69.8 Å². The van der Waals surface area contributed by atoms with Gasteiger partial charge in [0, 0.05) is 22.9 Å². The summed E-state index contributed by atoms with van der Waals surface area (Å²) < 4.78 is 1.16. The van der Waals surface area contributed by atoms with Gasteiger partial charge >= 0.3 is 0 Å². The molecule has 0 radical (unpaired) electrons. The van der Waals surface area contributed by atoms with Crippen molar-refractivity contribution < 1.29 is 0 Å². The van der Waals surface area contributed by atoms with Gasteiger partial charge in [-0.1, -0.05) is 52.4 Å². The molecule has 1 heterocycles. The summed E-state index contributed by atoms with van der Waals surface area (Å²) in [6.45, 7) is 2.22. The van der Waals surface area contributed by atoms with E-state index in [4.69, 9.17) is 0 Å². The minimum atomic E-state index is 0.570. The number of benzene rings is 1. The Morgan fingerprint density at radius 1 is 1.10 bits per heavy atom.